The zero-order valence-corrected chi connectivity index (χ0v) is 19.4. The number of ether oxygens (including phenoxy) is 1. The molecule has 2 aromatic carbocycles. The van der Waals surface area contributed by atoms with Gasteiger partial charge in [0.25, 0.3) is 5.91 Å². The van der Waals surface area contributed by atoms with Crippen LogP contribution in [0.4, 0.5) is 5.13 Å². The lowest BCUT2D eigenvalue weighted by molar-refractivity contribution is 0.0985. The van der Waals surface area contributed by atoms with E-state index >= 15 is 0 Å². The number of amides is 1. The molecule has 1 amide bonds. The average Bonchev–Trinajstić information content (AvgIpc) is 3.25. The normalized spacial score (nSPS) is 10.9. The highest BCUT2D eigenvalue weighted by atomic mass is 35.5. The van der Waals surface area contributed by atoms with Crippen molar-refractivity contribution in [3.63, 3.8) is 0 Å². The maximum atomic E-state index is 13.6. The summed E-state index contributed by atoms with van der Waals surface area (Å²) in [6, 6.07) is 15.0. The maximum absolute atomic E-state index is 13.6. The highest BCUT2D eigenvalue weighted by Gasteiger charge is 2.24. The molecule has 5 nitrogen and oxygen atoms in total. The van der Waals surface area contributed by atoms with E-state index < -0.39 is 0 Å². The molecule has 0 unspecified atom stereocenters. The first-order chi connectivity index (χ1) is 15.1. The third-order valence-corrected chi connectivity index (χ3v) is 7.01. The molecule has 4 aromatic rings. The van der Waals surface area contributed by atoms with Crippen LogP contribution < -0.4 is 9.64 Å². The quantitative estimate of drug-likeness (QED) is 0.297. The van der Waals surface area contributed by atoms with E-state index in [-0.39, 0.29) is 5.91 Å². The second-order valence-corrected chi connectivity index (χ2v) is 9.36. The van der Waals surface area contributed by atoms with E-state index in [1.165, 1.54) is 11.3 Å². The molecule has 158 valence electrons. The van der Waals surface area contributed by atoms with E-state index in [9.17, 15) is 4.79 Å². The van der Waals surface area contributed by atoms with Gasteiger partial charge in [-0.15, -0.1) is 11.8 Å². The van der Waals surface area contributed by atoms with Crippen molar-refractivity contribution in [2.75, 3.05) is 17.8 Å². The number of rotatable bonds is 7. The Balaban J connectivity index is 1.80. The highest BCUT2D eigenvalue weighted by Crippen LogP contribution is 2.39. The number of aromatic nitrogens is 2. The number of halogens is 1. The van der Waals surface area contributed by atoms with Crippen LogP contribution in [-0.4, -0.2) is 28.7 Å². The molecular formula is C23H20ClN3O2S2. The first kappa shape index (κ1) is 21.6. The van der Waals surface area contributed by atoms with Crippen molar-refractivity contribution in [1.82, 2.24) is 9.97 Å². The van der Waals surface area contributed by atoms with Crippen molar-refractivity contribution >= 4 is 56.0 Å². The molecule has 0 bridgehead atoms. The highest BCUT2D eigenvalue weighted by molar-refractivity contribution is 7.99. The molecule has 0 atom stereocenters. The van der Waals surface area contributed by atoms with Gasteiger partial charge in [-0.25, -0.2) is 4.98 Å². The fourth-order valence-electron chi connectivity index (χ4n) is 3.16. The van der Waals surface area contributed by atoms with E-state index in [4.69, 9.17) is 21.3 Å². The Morgan fingerprint density at radius 3 is 2.84 bits per heavy atom. The lowest BCUT2D eigenvalue weighted by Crippen LogP contribution is -2.30. The monoisotopic (exact) mass is 469 g/mol. The predicted octanol–water partition coefficient (Wildman–Crippen LogP) is 6.31. The zero-order valence-electron chi connectivity index (χ0n) is 17.0. The number of pyridine rings is 1. The summed E-state index contributed by atoms with van der Waals surface area (Å²) >= 11 is 9.49. The van der Waals surface area contributed by atoms with E-state index in [1.807, 2.05) is 36.4 Å². The van der Waals surface area contributed by atoms with Gasteiger partial charge in [-0.2, -0.15) is 0 Å². The Morgan fingerprint density at radius 2 is 2.10 bits per heavy atom. The molecular weight excluding hydrogens is 450 g/mol. The average molecular weight is 470 g/mol. The molecule has 0 spiro atoms. The summed E-state index contributed by atoms with van der Waals surface area (Å²) in [5.74, 6) is 1.43. The van der Waals surface area contributed by atoms with Gasteiger partial charge >= 0.3 is 0 Å². The van der Waals surface area contributed by atoms with Crippen LogP contribution in [0, 0.1) is 0 Å². The Hall–Kier alpha value is -2.61. The Kier molecular flexibility index (Phi) is 6.75. The number of thiazole rings is 1. The molecule has 0 radical (unpaired) electrons. The number of anilines is 1. The van der Waals surface area contributed by atoms with Gasteiger partial charge in [-0.3, -0.25) is 14.7 Å². The third kappa shape index (κ3) is 4.69. The first-order valence-corrected chi connectivity index (χ1v) is 11.9. The van der Waals surface area contributed by atoms with Gasteiger partial charge in [-0.1, -0.05) is 42.0 Å². The molecule has 0 aliphatic heterocycles. The van der Waals surface area contributed by atoms with Crippen molar-refractivity contribution in [1.29, 1.82) is 0 Å². The van der Waals surface area contributed by atoms with Crippen LogP contribution >= 0.6 is 34.7 Å². The molecule has 31 heavy (non-hydrogen) atoms. The molecule has 4 rings (SSSR count). The second-order valence-electron chi connectivity index (χ2n) is 6.64. The lowest BCUT2D eigenvalue weighted by Gasteiger charge is -2.20. The molecule has 0 fully saturated rings. The number of carbonyl (C=O) groups excluding carboxylic acids is 1. The molecule has 0 saturated heterocycles. The predicted molar refractivity (Wildman–Crippen MR) is 129 cm³/mol. The van der Waals surface area contributed by atoms with Gasteiger partial charge in [-0.05, 0) is 47.7 Å². The third-order valence-electron chi connectivity index (χ3n) is 4.60. The number of hydrogen-bond donors (Lipinski definition) is 0. The number of carbonyl (C=O) groups is 1. The van der Waals surface area contributed by atoms with Gasteiger partial charge in [0.2, 0.25) is 0 Å². The molecule has 2 heterocycles. The van der Waals surface area contributed by atoms with Gasteiger partial charge < -0.3 is 4.74 Å². The summed E-state index contributed by atoms with van der Waals surface area (Å²) in [6.45, 7) is 2.43. The number of nitrogens with zero attached hydrogens (tertiary/aromatic N) is 3. The SMILES string of the molecule is CCSc1cccc(C(=O)N(Cc2cccnc2)c2nc3c(OC)ccc(Cl)c3s2)c1. The second kappa shape index (κ2) is 9.68. The summed E-state index contributed by atoms with van der Waals surface area (Å²) in [4.78, 5) is 25.3. The molecule has 0 saturated carbocycles. The van der Waals surface area contributed by atoms with Gasteiger partial charge in [0, 0.05) is 22.9 Å². The number of hydrogen-bond acceptors (Lipinski definition) is 6. The molecule has 0 aliphatic rings. The van der Waals surface area contributed by atoms with Crippen LogP contribution in [0.5, 0.6) is 5.75 Å². The summed E-state index contributed by atoms with van der Waals surface area (Å²) in [5, 5.41) is 1.14. The van der Waals surface area contributed by atoms with Crippen LogP contribution in [0.15, 0.2) is 65.8 Å². The Morgan fingerprint density at radius 1 is 1.23 bits per heavy atom. The minimum Gasteiger partial charge on any atom is -0.494 e. The number of methoxy groups -OCH3 is 1. The molecule has 2 aromatic heterocycles. The fraction of sp³-hybridized carbons (Fsp3) is 0.174. The number of fused-ring (bicyclic) bond motifs is 1. The molecule has 0 N–H and O–H groups in total. The minimum atomic E-state index is -0.128. The van der Waals surface area contributed by atoms with Crippen LogP contribution in [0.25, 0.3) is 10.2 Å². The van der Waals surface area contributed by atoms with Gasteiger partial charge in [0.15, 0.2) is 5.13 Å². The number of thioether (sulfide) groups is 1. The fourth-order valence-corrected chi connectivity index (χ4v) is 5.14. The lowest BCUT2D eigenvalue weighted by atomic mass is 10.2. The largest absolute Gasteiger partial charge is 0.494 e. The maximum Gasteiger partial charge on any atom is 0.260 e. The smallest absolute Gasteiger partial charge is 0.260 e. The Bertz CT molecular complexity index is 1210. The molecule has 8 heteroatoms. The van der Waals surface area contributed by atoms with E-state index in [2.05, 4.69) is 11.9 Å². The summed E-state index contributed by atoms with van der Waals surface area (Å²) in [6.07, 6.45) is 3.47. The zero-order chi connectivity index (χ0) is 21.8. The van der Waals surface area contributed by atoms with Gasteiger partial charge in [0.1, 0.15) is 11.3 Å². The standard InChI is InChI=1S/C23H20ClN3O2S2/c1-3-30-17-8-4-7-16(12-17)22(28)27(14-15-6-5-11-25-13-15)23-26-20-19(29-2)10-9-18(24)21(20)31-23/h4-13H,3,14H2,1-2H3. The van der Waals surface area contributed by atoms with E-state index in [0.717, 1.165) is 20.9 Å². The van der Waals surface area contributed by atoms with Crippen LogP contribution in [0.3, 0.4) is 0 Å². The van der Waals surface area contributed by atoms with Crippen LogP contribution in [0.1, 0.15) is 22.8 Å². The van der Waals surface area contributed by atoms with Crippen molar-refractivity contribution in [3.8, 4) is 5.75 Å². The first-order valence-electron chi connectivity index (χ1n) is 9.67. The van der Waals surface area contributed by atoms with Crippen molar-refractivity contribution in [2.24, 2.45) is 0 Å². The topological polar surface area (TPSA) is 55.3 Å². The number of benzene rings is 2. The summed E-state index contributed by atoms with van der Waals surface area (Å²) in [5.41, 5.74) is 2.17. The molecule has 0 aliphatic carbocycles. The van der Waals surface area contributed by atoms with Crippen molar-refractivity contribution in [2.45, 2.75) is 18.4 Å². The van der Waals surface area contributed by atoms with Crippen LogP contribution in [0.2, 0.25) is 5.02 Å². The van der Waals surface area contributed by atoms with Crippen molar-refractivity contribution < 1.29 is 9.53 Å². The van der Waals surface area contributed by atoms with Gasteiger partial charge in [0.05, 0.1) is 23.4 Å². The van der Waals surface area contributed by atoms with E-state index in [0.29, 0.717) is 33.5 Å². The van der Waals surface area contributed by atoms with E-state index in [1.54, 1.807) is 48.3 Å². The van der Waals surface area contributed by atoms with Crippen molar-refractivity contribution in [3.05, 3.63) is 77.1 Å². The summed E-state index contributed by atoms with van der Waals surface area (Å²) < 4.78 is 6.24. The minimum absolute atomic E-state index is 0.128. The summed E-state index contributed by atoms with van der Waals surface area (Å²) in [7, 11) is 1.59. The Labute approximate surface area is 194 Å². The van der Waals surface area contributed by atoms with Crippen LogP contribution in [-0.2, 0) is 6.54 Å².